The van der Waals surface area contributed by atoms with E-state index < -0.39 is 11.5 Å². The van der Waals surface area contributed by atoms with E-state index in [9.17, 15) is 14.9 Å². The van der Waals surface area contributed by atoms with Gasteiger partial charge in [0.05, 0.1) is 22.0 Å². The maximum Gasteiger partial charge on any atom is 0.261 e. The summed E-state index contributed by atoms with van der Waals surface area (Å²) < 4.78 is 1.76. The molecule has 0 fully saturated rings. The molecule has 0 aliphatic heterocycles. The summed E-state index contributed by atoms with van der Waals surface area (Å²) in [6, 6.07) is 22.7. The summed E-state index contributed by atoms with van der Waals surface area (Å²) >= 11 is 1.24. The molecule has 0 aliphatic carbocycles. The van der Waals surface area contributed by atoms with E-state index in [-0.39, 0.29) is 17.7 Å². The molecule has 0 bridgehead atoms. The molecule has 4 aromatic rings. The molecule has 1 amide bonds. The highest BCUT2D eigenvalue weighted by Crippen LogP contribution is 2.24. The zero-order valence-electron chi connectivity index (χ0n) is 17.2. The molecule has 2 aromatic carbocycles. The topological polar surface area (TPSA) is 104 Å². The summed E-state index contributed by atoms with van der Waals surface area (Å²) in [4.78, 5) is 27.7. The monoisotopic (exact) mass is 441 g/mol. The van der Waals surface area contributed by atoms with E-state index >= 15 is 0 Å². The maximum absolute atomic E-state index is 12.8. The number of nitrogens with zero attached hydrogens (tertiary/aromatic N) is 3. The minimum absolute atomic E-state index is 0.101. The summed E-state index contributed by atoms with van der Waals surface area (Å²) in [6.45, 7) is 0.168. The lowest BCUT2D eigenvalue weighted by Gasteiger charge is -2.07. The lowest BCUT2D eigenvalue weighted by Crippen LogP contribution is -2.29. The molecule has 0 atom stereocenters. The summed E-state index contributed by atoms with van der Waals surface area (Å²) in [6.07, 6.45) is 3.61. The minimum atomic E-state index is -0.554. The Morgan fingerprint density at radius 3 is 2.50 bits per heavy atom. The number of carbonyl (C=O) groups is 1. The standard InChI is InChI=1S/C24H19N5O2S/c1-32-24-17(13-25)12-20(23(31)27-24)22(30)26-14-18-15-29(19-10-6-3-7-11-19)28-21(18)16-8-4-2-5-9-16/h2-12,15H,14H2,1H3,(H,26,30)(H,27,31). The second-order valence-corrected chi connectivity index (χ2v) is 7.72. The number of amides is 1. The largest absolute Gasteiger partial charge is 0.348 e. The lowest BCUT2D eigenvalue weighted by molar-refractivity contribution is 0.0949. The molecule has 8 heteroatoms. The molecule has 2 heterocycles. The van der Waals surface area contributed by atoms with Crippen LogP contribution in [0.5, 0.6) is 0 Å². The van der Waals surface area contributed by atoms with Crippen LogP contribution >= 0.6 is 11.8 Å². The molecule has 0 saturated heterocycles. The third-order valence-electron chi connectivity index (χ3n) is 4.87. The van der Waals surface area contributed by atoms with Crippen LogP contribution in [0.2, 0.25) is 0 Å². The van der Waals surface area contributed by atoms with Crippen LogP contribution in [0, 0.1) is 11.3 Å². The van der Waals surface area contributed by atoms with Crippen molar-refractivity contribution < 1.29 is 4.79 Å². The third kappa shape index (κ3) is 4.33. The molecule has 0 aliphatic rings. The number of hydrogen-bond acceptors (Lipinski definition) is 5. The number of rotatable bonds is 6. The van der Waals surface area contributed by atoms with Gasteiger partial charge in [-0.1, -0.05) is 48.5 Å². The van der Waals surface area contributed by atoms with Crippen LogP contribution in [0.15, 0.2) is 82.7 Å². The predicted octanol–water partition coefficient (Wildman–Crippen LogP) is 3.75. The van der Waals surface area contributed by atoms with Gasteiger partial charge >= 0.3 is 0 Å². The number of hydrogen-bond donors (Lipinski definition) is 2. The van der Waals surface area contributed by atoms with Gasteiger partial charge in [0.25, 0.3) is 11.5 Å². The average Bonchev–Trinajstić information content (AvgIpc) is 3.27. The van der Waals surface area contributed by atoms with Crippen LogP contribution in [0.3, 0.4) is 0 Å². The van der Waals surface area contributed by atoms with Gasteiger partial charge in [-0.05, 0) is 24.5 Å². The zero-order chi connectivity index (χ0) is 22.5. The van der Waals surface area contributed by atoms with Crippen molar-refractivity contribution in [3.8, 4) is 23.0 Å². The highest BCUT2D eigenvalue weighted by molar-refractivity contribution is 7.98. The number of thioether (sulfide) groups is 1. The first kappa shape index (κ1) is 21.2. The normalized spacial score (nSPS) is 10.5. The van der Waals surface area contributed by atoms with E-state index in [1.807, 2.05) is 72.9 Å². The van der Waals surface area contributed by atoms with Crippen molar-refractivity contribution in [2.24, 2.45) is 0 Å². The van der Waals surface area contributed by atoms with Crippen LogP contribution in [-0.4, -0.2) is 26.9 Å². The molecular formula is C24H19N5O2S. The Hall–Kier alpha value is -4.09. The fraction of sp³-hybridized carbons (Fsp3) is 0.0833. The molecular weight excluding hydrogens is 422 g/mol. The van der Waals surface area contributed by atoms with Gasteiger partial charge in [-0.25, -0.2) is 4.68 Å². The number of nitrogens with one attached hydrogen (secondary N) is 2. The van der Waals surface area contributed by atoms with Crippen LogP contribution in [0.25, 0.3) is 16.9 Å². The second kappa shape index (κ2) is 9.37. The van der Waals surface area contributed by atoms with Crippen molar-refractivity contribution in [3.05, 3.63) is 100.0 Å². The number of H-pyrrole nitrogens is 1. The Labute approximate surface area is 188 Å². The molecule has 32 heavy (non-hydrogen) atoms. The molecule has 7 nitrogen and oxygen atoms in total. The van der Waals surface area contributed by atoms with E-state index in [1.54, 1.807) is 10.9 Å². The molecule has 2 aromatic heterocycles. The van der Waals surface area contributed by atoms with Crippen molar-refractivity contribution in [1.82, 2.24) is 20.1 Å². The molecule has 0 unspecified atom stereocenters. The fourth-order valence-corrected chi connectivity index (χ4v) is 3.81. The van der Waals surface area contributed by atoms with Crippen molar-refractivity contribution in [3.63, 3.8) is 0 Å². The van der Waals surface area contributed by atoms with Gasteiger partial charge in [-0.15, -0.1) is 11.8 Å². The predicted molar refractivity (Wildman–Crippen MR) is 124 cm³/mol. The molecule has 2 N–H and O–H groups in total. The number of benzene rings is 2. The first-order valence-corrected chi connectivity index (χ1v) is 11.0. The average molecular weight is 442 g/mol. The number of carbonyl (C=O) groups excluding carboxylic acids is 1. The van der Waals surface area contributed by atoms with E-state index in [4.69, 9.17) is 5.10 Å². The van der Waals surface area contributed by atoms with Gasteiger partial charge in [0, 0.05) is 23.9 Å². The van der Waals surface area contributed by atoms with Gasteiger partial charge in [0.1, 0.15) is 11.6 Å². The van der Waals surface area contributed by atoms with Gasteiger partial charge < -0.3 is 10.3 Å². The second-order valence-electron chi connectivity index (χ2n) is 6.90. The molecule has 4 rings (SSSR count). The molecule has 158 valence electrons. The Bertz CT molecular complexity index is 1350. The quantitative estimate of drug-likeness (QED) is 0.444. The van der Waals surface area contributed by atoms with Crippen molar-refractivity contribution in [2.75, 3.05) is 6.26 Å². The van der Waals surface area contributed by atoms with Gasteiger partial charge in [-0.3, -0.25) is 9.59 Å². The van der Waals surface area contributed by atoms with E-state index in [0.29, 0.717) is 5.03 Å². The highest BCUT2D eigenvalue weighted by atomic mass is 32.2. The number of pyridine rings is 1. The number of nitriles is 1. The zero-order valence-corrected chi connectivity index (χ0v) is 18.0. The smallest absolute Gasteiger partial charge is 0.261 e. The number of para-hydroxylation sites is 1. The summed E-state index contributed by atoms with van der Waals surface area (Å²) in [7, 11) is 0. The lowest BCUT2D eigenvalue weighted by atomic mass is 10.1. The van der Waals surface area contributed by atoms with Gasteiger partial charge in [-0.2, -0.15) is 10.4 Å². The van der Waals surface area contributed by atoms with Crippen molar-refractivity contribution in [2.45, 2.75) is 11.6 Å². The summed E-state index contributed by atoms with van der Waals surface area (Å²) in [5, 5.41) is 17.2. The van der Waals surface area contributed by atoms with E-state index in [1.165, 1.54) is 17.8 Å². The fourth-order valence-electron chi connectivity index (χ4n) is 3.29. The number of aromatic nitrogens is 3. The summed E-state index contributed by atoms with van der Waals surface area (Å²) in [5.74, 6) is -0.554. The summed E-state index contributed by atoms with van der Waals surface area (Å²) in [5.41, 5.74) is 2.96. The maximum atomic E-state index is 12.8. The highest BCUT2D eigenvalue weighted by Gasteiger charge is 2.17. The van der Waals surface area contributed by atoms with Crippen LogP contribution < -0.4 is 10.9 Å². The Kier molecular flexibility index (Phi) is 6.19. The Morgan fingerprint density at radius 2 is 1.84 bits per heavy atom. The molecule has 0 saturated carbocycles. The van der Waals surface area contributed by atoms with E-state index in [2.05, 4.69) is 10.3 Å². The van der Waals surface area contributed by atoms with Crippen LogP contribution in [-0.2, 0) is 6.54 Å². The van der Waals surface area contributed by atoms with Crippen molar-refractivity contribution >= 4 is 17.7 Å². The SMILES string of the molecule is CSc1[nH]c(=O)c(C(=O)NCc2cn(-c3ccccc3)nc2-c2ccccc2)cc1C#N. The minimum Gasteiger partial charge on any atom is -0.348 e. The first-order chi connectivity index (χ1) is 15.6. The Balaban J connectivity index is 1.65. The van der Waals surface area contributed by atoms with Gasteiger partial charge in [0.15, 0.2) is 0 Å². The third-order valence-corrected chi connectivity index (χ3v) is 5.60. The first-order valence-electron chi connectivity index (χ1n) is 9.79. The van der Waals surface area contributed by atoms with E-state index in [0.717, 1.165) is 22.5 Å². The molecule has 0 spiro atoms. The molecule has 0 radical (unpaired) electrons. The van der Waals surface area contributed by atoms with Gasteiger partial charge in [0.2, 0.25) is 0 Å². The Morgan fingerprint density at radius 1 is 1.16 bits per heavy atom. The van der Waals surface area contributed by atoms with Crippen LogP contribution in [0.4, 0.5) is 0 Å². The number of aromatic amines is 1. The van der Waals surface area contributed by atoms with Crippen LogP contribution in [0.1, 0.15) is 21.5 Å². The van der Waals surface area contributed by atoms with Crippen molar-refractivity contribution in [1.29, 1.82) is 5.26 Å².